The van der Waals surface area contributed by atoms with Crippen molar-refractivity contribution in [1.82, 2.24) is 5.32 Å². The minimum Gasteiger partial charge on any atom is -0.481 e. The monoisotopic (exact) mass is 445 g/mol. The van der Waals surface area contributed by atoms with Crippen molar-refractivity contribution in [2.24, 2.45) is 5.41 Å². The molecule has 1 fully saturated rings. The molecule has 2 aliphatic carbocycles. The lowest BCUT2D eigenvalue weighted by molar-refractivity contribution is -0.137. The third-order valence-corrected chi connectivity index (χ3v) is 7.35. The first-order valence-electron chi connectivity index (χ1n) is 11.2. The molecule has 2 aromatic rings. The Morgan fingerprint density at radius 1 is 1.18 bits per heavy atom. The summed E-state index contributed by atoms with van der Waals surface area (Å²) in [5.74, 6) is -1.13. The third-order valence-electron chi connectivity index (χ3n) is 7.35. The molecule has 33 heavy (non-hydrogen) atoms. The molecule has 0 aliphatic heterocycles. The topological polar surface area (TPSA) is 119 Å². The average Bonchev–Trinajstić information content (AvgIpc) is 3.27. The number of aliphatic carboxylic acids is 1. The van der Waals surface area contributed by atoms with Crippen LogP contribution in [0.3, 0.4) is 0 Å². The minimum atomic E-state index is -0.863. The standard InChI is InChI=1S/C26H27N3O4/c1-25(15-26(25)11-10-17-8-9-19(13-20(17)26)23(32)28-2)24(33)29-21-12-16(14-27)6-7-18(21)4-3-5-22(30)31/h6-9,12-13H,3-5,10-11,15H2,1-2H3,(H,28,32)(H,29,33)(H,30,31)/t25?,26-/m0/s1. The van der Waals surface area contributed by atoms with Crippen LogP contribution in [0.25, 0.3) is 0 Å². The van der Waals surface area contributed by atoms with Gasteiger partial charge in [-0.2, -0.15) is 5.26 Å². The molecule has 2 aromatic carbocycles. The number of nitrogens with one attached hydrogen (secondary N) is 2. The molecule has 1 unspecified atom stereocenters. The zero-order chi connectivity index (χ0) is 23.8. The normalized spacial score (nSPS) is 22.3. The van der Waals surface area contributed by atoms with E-state index in [-0.39, 0.29) is 23.7 Å². The second-order valence-electron chi connectivity index (χ2n) is 9.23. The van der Waals surface area contributed by atoms with E-state index >= 15 is 0 Å². The van der Waals surface area contributed by atoms with Crippen molar-refractivity contribution in [2.45, 2.75) is 50.9 Å². The predicted molar refractivity (Wildman–Crippen MR) is 123 cm³/mol. The number of aryl methyl sites for hydroxylation is 2. The highest BCUT2D eigenvalue weighted by atomic mass is 16.4. The zero-order valence-corrected chi connectivity index (χ0v) is 18.8. The number of carboxylic acid groups (broad SMARTS) is 1. The van der Waals surface area contributed by atoms with Gasteiger partial charge < -0.3 is 15.7 Å². The zero-order valence-electron chi connectivity index (χ0n) is 18.8. The van der Waals surface area contributed by atoms with Gasteiger partial charge in [0.25, 0.3) is 5.91 Å². The first-order valence-corrected chi connectivity index (χ1v) is 11.2. The van der Waals surface area contributed by atoms with Gasteiger partial charge in [0, 0.05) is 30.1 Å². The van der Waals surface area contributed by atoms with Crippen molar-refractivity contribution in [3.05, 3.63) is 64.2 Å². The molecule has 0 radical (unpaired) electrons. The highest BCUT2D eigenvalue weighted by Crippen LogP contribution is 2.70. The Bertz CT molecular complexity index is 1200. The van der Waals surface area contributed by atoms with Gasteiger partial charge in [0.2, 0.25) is 5.91 Å². The van der Waals surface area contributed by atoms with E-state index in [0.717, 1.165) is 24.0 Å². The SMILES string of the molecule is CNC(=O)c1ccc2c(c1)[C@]1(CC2)CC1(C)C(=O)Nc1cc(C#N)ccc1CCCC(=O)O. The minimum absolute atomic E-state index is 0.0403. The van der Waals surface area contributed by atoms with Gasteiger partial charge in [-0.3, -0.25) is 14.4 Å². The van der Waals surface area contributed by atoms with Crippen LogP contribution in [0.2, 0.25) is 0 Å². The Morgan fingerprint density at radius 2 is 1.97 bits per heavy atom. The first-order chi connectivity index (χ1) is 15.7. The highest BCUT2D eigenvalue weighted by Gasteiger charge is 2.70. The van der Waals surface area contributed by atoms with Gasteiger partial charge >= 0.3 is 5.97 Å². The number of hydrogen-bond donors (Lipinski definition) is 3. The summed E-state index contributed by atoms with van der Waals surface area (Å²) < 4.78 is 0. The third kappa shape index (κ3) is 3.86. The molecule has 0 heterocycles. The Labute approximate surface area is 192 Å². The van der Waals surface area contributed by atoms with Gasteiger partial charge in [-0.25, -0.2) is 0 Å². The number of carbonyl (C=O) groups is 3. The molecule has 3 N–H and O–H groups in total. The maximum absolute atomic E-state index is 13.5. The van der Waals surface area contributed by atoms with Crippen LogP contribution >= 0.6 is 0 Å². The van der Waals surface area contributed by atoms with Crippen LogP contribution in [0.4, 0.5) is 5.69 Å². The molecule has 0 bridgehead atoms. The van der Waals surface area contributed by atoms with Gasteiger partial charge in [-0.05, 0) is 80.0 Å². The second kappa shape index (κ2) is 8.36. The summed E-state index contributed by atoms with van der Waals surface area (Å²) in [7, 11) is 1.60. The van der Waals surface area contributed by atoms with E-state index < -0.39 is 11.4 Å². The maximum atomic E-state index is 13.5. The van der Waals surface area contributed by atoms with Crippen molar-refractivity contribution in [1.29, 1.82) is 5.26 Å². The number of rotatable bonds is 7. The molecule has 0 saturated heterocycles. The number of amides is 2. The quantitative estimate of drug-likeness (QED) is 0.602. The van der Waals surface area contributed by atoms with Crippen LogP contribution in [0.15, 0.2) is 36.4 Å². The summed E-state index contributed by atoms with van der Waals surface area (Å²) in [6, 6.07) is 12.9. The molecule has 1 spiro atoms. The summed E-state index contributed by atoms with van der Waals surface area (Å²) in [5, 5.41) is 23.9. The van der Waals surface area contributed by atoms with Crippen LogP contribution in [0, 0.1) is 16.7 Å². The fourth-order valence-electron chi connectivity index (χ4n) is 5.29. The number of carboxylic acids is 1. The summed E-state index contributed by atoms with van der Waals surface area (Å²) in [5.41, 5.74) is 3.74. The molecular formula is C26H27N3O4. The summed E-state index contributed by atoms with van der Waals surface area (Å²) in [6.45, 7) is 1.96. The fraction of sp³-hybridized carbons (Fsp3) is 0.385. The van der Waals surface area contributed by atoms with Crippen LogP contribution in [-0.2, 0) is 27.8 Å². The number of anilines is 1. The molecule has 2 amide bonds. The van der Waals surface area contributed by atoms with Gasteiger partial charge in [-0.1, -0.05) is 12.1 Å². The van der Waals surface area contributed by atoms with E-state index in [2.05, 4.69) is 16.7 Å². The van der Waals surface area contributed by atoms with Gasteiger partial charge in [0.15, 0.2) is 0 Å². The van der Waals surface area contributed by atoms with Crippen molar-refractivity contribution in [2.75, 3.05) is 12.4 Å². The van der Waals surface area contributed by atoms with E-state index in [1.165, 1.54) is 5.56 Å². The molecule has 4 rings (SSSR count). The number of carbonyl (C=O) groups excluding carboxylic acids is 2. The van der Waals surface area contributed by atoms with E-state index in [9.17, 15) is 19.6 Å². The average molecular weight is 446 g/mol. The smallest absolute Gasteiger partial charge is 0.303 e. The van der Waals surface area contributed by atoms with Crippen LogP contribution in [0.1, 0.15) is 65.2 Å². The summed E-state index contributed by atoms with van der Waals surface area (Å²) in [6.07, 6.45) is 3.40. The second-order valence-corrected chi connectivity index (χ2v) is 9.23. The van der Waals surface area contributed by atoms with E-state index in [1.807, 2.05) is 25.1 Å². The largest absolute Gasteiger partial charge is 0.481 e. The molecule has 1 saturated carbocycles. The molecule has 7 nitrogen and oxygen atoms in total. The fourth-order valence-corrected chi connectivity index (χ4v) is 5.29. The number of nitriles is 1. The Balaban J connectivity index is 1.59. The van der Waals surface area contributed by atoms with Gasteiger partial charge in [-0.15, -0.1) is 0 Å². The van der Waals surface area contributed by atoms with E-state index in [1.54, 1.807) is 25.2 Å². The van der Waals surface area contributed by atoms with Crippen LogP contribution in [-0.4, -0.2) is 29.9 Å². The lowest BCUT2D eigenvalue weighted by Crippen LogP contribution is -2.29. The Kier molecular flexibility index (Phi) is 5.71. The van der Waals surface area contributed by atoms with E-state index in [4.69, 9.17) is 5.11 Å². The van der Waals surface area contributed by atoms with Crippen LogP contribution in [0.5, 0.6) is 0 Å². The number of benzene rings is 2. The van der Waals surface area contributed by atoms with Crippen molar-refractivity contribution >= 4 is 23.5 Å². The number of nitrogens with zero attached hydrogens (tertiary/aromatic N) is 1. The Morgan fingerprint density at radius 3 is 2.67 bits per heavy atom. The molecular weight excluding hydrogens is 418 g/mol. The lowest BCUT2D eigenvalue weighted by Gasteiger charge is -2.21. The number of fused-ring (bicyclic) bond motifs is 2. The van der Waals surface area contributed by atoms with Crippen molar-refractivity contribution in [3.8, 4) is 6.07 Å². The van der Waals surface area contributed by atoms with E-state index in [0.29, 0.717) is 36.1 Å². The van der Waals surface area contributed by atoms with Gasteiger partial charge in [0.1, 0.15) is 0 Å². The highest BCUT2D eigenvalue weighted by molar-refractivity contribution is 6.00. The first kappa shape index (κ1) is 22.5. The maximum Gasteiger partial charge on any atom is 0.303 e. The molecule has 2 atom stereocenters. The molecule has 170 valence electrons. The lowest BCUT2D eigenvalue weighted by atomic mass is 9.87. The molecule has 0 aromatic heterocycles. The summed E-state index contributed by atoms with van der Waals surface area (Å²) in [4.78, 5) is 36.5. The van der Waals surface area contributed by atoms with Crippen LogP contribution < -0.4 is 10.6 Å². The summed E-state index contributed by atoms with van der Waals surface area (Å²) >= 11 is 0. The van der Waals surface area contributed by atoms with Gasteiger partial charge in [0.05, 0.1) is 17.0 Å². The molecule has 2 aliphatic rings. The van der Waals surface area contributed by atoms with Crippen molar-refractivity contribution < 1.29 is 19.5 Å². The Hall–Kier alpha value is -3.66. The molecule has 7 heteroatoms. The number of hydrogen-bond acceptors (Lipinski definition) is 4. The predicted octanol–water partition coefficient (Wildman–Crippen LogP) is 3.56. The van der Waals surface area contributed by atoms with Crippen molar-refractivity contribution in [3.63, 3.8) is 0 Å².